The summed E-state index contributed by atoms with van der Waals surface area (Å²) in [5.74, 6) is -0.221. The summed E-state index contributed by atoms with van der Waals surface area (Å²) in [7, 11) is -2.35. The largest absolute Gasteiger partial charge is 0.497 e. The number of methoxy groups -OCH3 is 1. The van der Waals surface area contributed by atoms with Gasteiger partial charge in [-0.1, -0.05) is 85.5 Å². The highest BCUT2D eigenvalue weighted by atomic mass is 32.2. The number of aryl methyl sites for hydroxylation is 1. The number of nitrogens with zero attached hydrogens (tertiary/aromatic N) is 2. The maximum Gasteiger partial charge on any atom is 0.244 e. The minimum Gasteiger partial charge on any atom is -0.497 e. The Hall–Kier alpha value is -3.85. The number of anilines is 1. The van der Waals surface area contributed by atoms with Gasteiger partial charge in [0.05, 0.1) is 19.1 Å². The second kappa shape index (κ2) is 14.4. The number of rotatable bonds is 12. The molecule has 4 rings (SSSR count). The van der Waals surface area contributed by atoms with Gasteiger partial charge in [0.15, 0.2) is 0 Å². The molecule has 2 amide bonds. The van der Waals surface area contributed by atoms with E-state index in [9.17, 15) is 18.0 Å². The van der Waals surface area contributed by atoms with Crippen LogP contribution in [-0.4, -0.2) is 57.1 Å². The van der Waals surface area contributed by atoms with Crippen molar-refractivity contribution in [1.29, 1.82) is 0 Å². The van der Waals surface area contributed by atoms with E-state index in [0.717, 1.165) is 59.4 Å². The molecule has 0 spiro atoms. The fourth-order valence-corrected chi connectivity index (χ4v) is 6.21. The summed E-state index contributed by atoms with van der Waals surface area (Å²) in [6.07, 6.45) is 6.47. The summed E-state index contributed by atoms with van der Waals surface area (Å²) in [6, 6.07) is 23.2. The molecular weight excluding hydrogens is 550 g/mol. The third-order valence-electron chi connectivity index (χ3n) is 7.72. The van der Waals surface area contributed by atoms with E-state index in [1.807, 2.05) is 61.5 Å². The van der Waals surface area contributed by atoms with Crippen molar-refractivity contribution in [1.82, 2.24) is 10.2 Å². The molecule has 9 heteroatoms. The molecule has 42 heavy (non-hydrogen) atoms. The predicted octanol–water partition coefficient (Wildman–Crippen LogP) is 4.86. The molecule has 1 aliphatic rings. The average molecular weight is 592 g/mol. The van der Waals surface area contributed by atoms with Gasteiger partial charge in [0.25, 0.3) is 0 Å². The van der Waals surface area contributed by atoms with Crippen molar-refractivity contribution in [3.63, 3.8) is 0 Å². The SMILES string of the molecule is COc1cccc(N(CC(=O)N(Cc2ccc(C)cc2)C(Cc2ccccc2)C(=O)NC2CCCCC2)S(C)(=O)=O)c1. The second-order valence-electron chi connectivity index (χ2n) is 11.0. The van der Waals surface area contributed by atoms with Gasteiger partial charge >= 0.3 is 0 Å². The lowest BCUT2D eigenvalue weighted by Crippen LogP contribution is -2.55. The van der Waals surface area contributed by atoms with Crippen LogP contribution in [0.4, 0.5) is 5.69 Å². The van der Waals surface area contributed by atoms with Crippen LogP contribution in [0.1, 0.15) is 48.8 Å². The smallest absolute Gasteiger partial charge is 0.244 e. The molecule has 3 aromatic rings. The monoisotopic (exact) mass is 591 g/mol. The van der Waals surface area contributed by atoms with Crippen molar-refractivity contribution in [2.75, 3.05) is 24.2 Å². The molecule has 0 heterocycles. The molecule has 0 aromatic heterocycles. The van der Waals surface area contributed by atoms with Gasteiger partial charge in [-0.2, -0.15) is 0 Å². The fraction of sp³-hybridized carbons (Fsp3) is 0.394. The number of benzene rings is 3. The Morgan fingerprint density at radius 1 is 0.929 bits per heavy atom. The Bertz CT molecular complexity index is 1440. The molecule has 0 radical (unpaired) electrons. The van der Waals surface area contributed by atoms with Gasteiger partial charge in [0.1, 0.15) is 18.3 Å². The Morgan fingerprint density at radius 3 is 2.26 bits per heavy atom. The number of carbonyl (C=O) groups is 2. The third kappa shape index (κ3) is 8.58. The highest BCUT2D eigenvalue weighted by Crippen LogP contribution is 2.25. The molecule has 1 saturated carbocycles. The molecule has 1 N–H and O–H groups in total. The van der Waals surface area contributed by atoms with E-state index in [1.165, 1.54) is 12.0 Å². The molecule has 0 saturated heterocycles. The van der Waals surface area contributed by atoms with Crippen molar-refractivity contribution in [2.24, 2.45) is 0 Å². The first kappa shape index (κ1) is 31.1. The number of ether oxygens (including phenoxy) is 1. The lowest BCUT2D eigenvalue weighted by molar-refractivity contribution is -0.140. The number of hydrogen-bond acceptors (Lipinski definition) is 5. The van der Waals surface area contributed by atoms with Crippen LogP contribution in [0.2, 0.25) is 0 Å². The van der Waals surface area contributed by atoms with Gasteiger partial charge in [0, 0.05) is 25.1 Å². The summed E-state index contributed by atoms with van der Waals surface area (Å²) in [5, 5.41) is 3.22. The summed E-state index contributed by atoms with van der Waals surface area (Å²) in [4.78, 5) is 29.8. The molecule has 1 atom stereocenters. The summed E-state index contributed by atoms with van der Waals surface area (Å²) in [5.41, 5.74) is 3.15. The lowest BCUT2D eigenvalue weighted by Gasteiger charge is -2.35. The maximum atomic E-state index is 14.2. The van der Waals surface area contributed by atoms with Crippen LogP contribution in [0.3, 0.4) is 0 Å². The lowest BCUT2D eigenvalue weighted by atomic mass is 9.94. The van der Waals surface area contributed by atoms with Crippen molar-refractivity contribution >= 4 is 27.5 Å². The highest BCUT2D eigenvalue weighted by molar-refractivity contribution is 7.92. The standard InChI is InChI=1S/C33H41N3O5S/c1-25-17-19-27(20-18-25)23-35(32(37)24-36(42(3,39)40)29-15-10-16-30(22-29)41-2)31(21-26-11-6-4-7-12-26)33(38)34-28-13-8-5-9-14-28/h4,6-7,10-12,15-20,22,28,31H,5,8-9,13-14,21,23-24H2,1-3H3,(H,34,38). The van der Waals surface area contributed by atoms with E-state index in [2.05, 4.69) is 5.32 Å². The van der Waals surface area contributed by atoms with Crippen LogP contribution in [0, 0.1) is 6.92 Å². The molecule has 0 aliphatic heterocycles. The van der Waals surface area contributed by atoms with Crippen molar-refractivity contribution in [3.05, 3.63) is 95.6 Å². The van der Waals surface area contributed by atoms with Crippen LogP contribution in [0.15, 0.2) is 78.9 Å². The van der Waals surface area contributed by atoms with Gasteiger partial charge in [-0.05, 0) is 43.0 Å². The van der Waals surface area contributed by atoms with Crippen molar-refractivity contribution in [3.8, 4) is 5.75 Å². The van der Waals surface area contributed by atoms with E-state index in [4.69, 9.17) is 4.74 Å². The summed E-state index contributed by atoms with van der Waals surface area (Å²) in [6.45, 7) is 1.69. The first-order chi connectivity index (χ1) is 20.1. The van der Waals surface area contributed by atoms with E-state index in [-0.39, 0.29) is 18.5 Å². The Kier molecular flexibility index (Phi) is 10.6. The number of carbonyl (C=O) groups excluding carboxylic acids is 2. The third-order valence-corrected chi connectivity index (χ3v) is 8.86. The topological polar surface area (TPSA) is 96.0 Å². The van der Waals surface area contributed by atoms with E-state index < -0.39 is 28.5 Å². The van der Waals surface area contributed by atoms with Gasteiger partial charge in [-0.15, -0.1) is 0 Å². The molecule has 224 valence electrons. The zero-order valence-electron chi connectivity index (χ0n) is 24.7. The molecule has 1 unspecified atom stereocenters. The van der Waals surface area contributed by atoms with Crippen LogP contribution in [0.25, 0.3) is 0 Å². The average Bonchev–Trinajstić information content (AvgIpc) is 2.99. The van der Waals surface area contributed by atoms with Gasteiger partial charge in [-0.25, -0.2) is 8.42 Å². The molecule has 3 aromatic carbocycles. The minimum atomic E-state index is -3.85. The second-order valence-corrected chi connectivity index (χ2v) is 12.9. The molecular formula is C33H41N3O5S. The molecule has 1 fully saturated rings. The number of nitrogens with one attached hydrogen (secondary N) is 1. The first-order valence-corrected chi connectivity index (χ1v) is 16.3. The van der Waals surface area contributed by atoms with Crippen LogP contribution in [0.5, 0.6) is 5.75 Å². The summed E-state index contributed by atoms with van der Waals surface area (Å²) < 4.78 is 32.3. The molecule has 0 bridgehead atoms. The van der Waals surface area contributed by atoms with Crippen LogP contribution >= 0.6 is 0 Å². The molecule has 1 aliphatic carbocycles. The fourth-order valence-electron chi connectivity index (χ4n) is 5.37. The Balaban J connectivity index is 1.72. The predicted molar refractivity (Wildman–Crippen MR) is 166 cm³/mol. The van der Waals surface area contributed by atoms with E-state index in [0.29, 0.717) is 17.9 Å². The van der Waals surface area contributed by atoms with E-state index in [1.54, 1.807) is 24.3 Å². The van der Waals surface area contributed by atoms with Gasteiger partial charge in [-0.3, -0.25) is 13.9 Å². The first-order valence-electron chi connectivity index (χ1n) is 14.4. The quantitative estimate of drug-likeness (QED) is 0.325. The minimum absolute atomic E-state index is 0.0603. The van der Waals surface area contributed by atoms with Crippen molar-refractivity contribution in [2.45, 2.75) is 64.1 Å². The molecule has 8 nitrogen and oxygen atoms in total. The van der Waals surface area contributed by atoms with E-state index >= 15 is 0 Å². The van der Waals surface area contributed by atoms with Crippen LogP contribution < -0.4 is 14.4 Å². The number of hydrogen-bond donors (Lipinski definition) is 1. The van der Waals surface area contributed by atoms with Gasteiger partial charge in [0.2, 0.25) is 21.8 Å². The number of sulfonamides is 1. The Morgan fingerprint density at radius 2 is 1.62 bits per heavy atom. The zero-order valence-corrected chi connectivity index (χ0v) is 25.5. The van der Waals surface area contributed by atoms with Crippen LogP contribution in [-0.2, 0) is 32.6 Å². The highest BCUT2D eigenvalue weighted by Gasteiger charge is 2.34. The van der Waals surface area contributed by atoms with Gasteiger partial charge < -0.3 is 15.0 Å². The normalized spacial score (nSPS) is 14.5. The van der Waals surface area contributed by atoms with Crippen molar-refractivity contribution < 1.29 is 22.7 Å². The zero-order chi connectivity index (χ0) is 30.1. The number of amides is 2. The Labute approximate surface area is 249 Å². The summed E-state index contributed by atoms with van der Waals surface area (Å²) >= 11 is 0. The maximum absolute atomic E-state index is 14.2.